The summed E-state index contributed by atoms with van der Waals surface area (Å²) >= 11 is 0. The van der Waals surface area contributed by atoms with Crippen molar-refractivity contribution in [2.24, 2.45) is 0 Å². The first-order chi connectivity index (χ1) is 19.3. The highest BCUT2D eigenvalue weighted by atomic mass is 32.2. The summed E-state index contributed by atoms with van der Waals surface area (Å²) in [5.41, 5.74) is 3.99. The van der Waals surface area contributed by atoms with E-state index >= 15 is 0 Å². The number of methoxy groups -OCH3 is 1. The molecule has 0 radical (unpaired) electrons. The fraction of sp³-hybridized carbons (Fsp3) is 0.226. The van der Waals surface area contributed by atoms with E-state index in [1.807, 2.05) is 54.6 Å². The zero-order valence-electron chi connectivity index (χ0n) is 22.5. The molecule has 0 amide bonds. The van der Waals surface area contributed by atoms with Crippen molar-refractivity contribution in [2.45, 2.75) is 12.6 Å². The molecule has 1 atom stereocenters. The molecule has 0 bridgehead atoms. The second-order valence-electron chi connectivity index (χ2n) is 9.77. The number of aliphatic hydroxyl groups is 1. The van der Waals surface area contributed by atoms with Gasteiger partial charge < -0.3 is 19.6 Å². The third kappa shape index (κ3) is 6.56. The maximum Gasteiger partial charge on any atom is 0.229 e. The van der Waals surface area contributed by atoms with E-state index in [1.54, 1.807) is 18.2 Å². The lowest BCUT2D eigenvalue weighted by atomic mass is 10.1. The Morgan fingerprint density at radius 2 is 1.68 bits per heavy atom. The van der Waals surface area contributed by atoms with Gasteiger partial charge in [-0.3, -0.25) is 9.62 Å². The van der Waals surface area contributed by atoms with Crippen molar-refractivity contribution in [3.05, 3.63) is 102 Å². The minimum Gasteiger partial charge on any atom is -0.494 e. The van der Waals surface area contributed by atoms with Crippen LogP contribution in [0.1, 0.15) is 17.2 Å². The number of aromatic amines is 1. The number of para-hydroxylation sites is 2. The molecule has 5 aromatic rings. The summed E-state index contributed by atoms with van der Waals surface area (Å²) in [6.07, 6.45) is 0.148. The molecule has 5 rings (SSSR count). The molecule has 8 nitrogen and oxygen atoms in total. The van der Waals surface area contributed by atoms with Crippen molar-refractivity contribution in [2.75, 3.05) is 37.8 Å². The van der Waals surface area contributed by atoms with E-state index in [-0.39, 0.29) is 12.2 Å². The number of nitrogens with one attached hydrogen (secondary N) is 2. The minimum atomic E-state index is -3.52. The van der Waals surface area contributed by atoms with Crippen LogP contribution in [-0.4, -0.2) is 56.5 Å². The third-order valence-corrected chi connectivity index (χ3v) is 7.33. The summed E-state index contributed by atoms with van der Waals surface area (Å²) in [4.78, 5) is 5.55. The summed E-state index contributed by atoms with van der Waals surface area (Å²) in [7, 11) is -2.06. The van der Waals surface area contributed by atoms with Gasteiger partial charge in [0.1, 0.15) is 18.1 Å². The van der Waals surface area contributed by atoms with E-state index in [9.17, 15) is 13.5 Å². The van der Waals surface area contributed by atoms with Crippen LogP contribution in [0.2, 0.25) is 0 Å². The average Bonchev–Trinajstić information content (AvgIpc) is 3.30. The number of aliphatic hydroxyl groups excluding tert-OH is 1. The second-order valence-corrected chi connectivity index (χ2v) is 11.5. The van der Waals surface area contributed by atoms with Crippen LogP contribution in [0, 0.1) is 0 Å². The number of hydrogen-bond donors (Lipinski definition) is 3. The summed E-state index contributed by atoms with van der Waals surface area (Å²) < 4.78 is 37.8. The van der Waals surface area contributed by atoms with Gasteiger partial charge >= 0.3 is 0 Å². The number of ether oxygens (including phenoxy) is 2. The predicted molar refractivity (Wildman–Crippen MR) is 159 cm³/mol. The smallest absolute Gasteiger partial charge is 0.229 e. The Morgan fingerprint density at radius 3 is 2.45 bits per heavy atom. The predicted octanol–water partition coefficient (Wildman–Crippen LogP) is 5.32. The molecule has 0 saturated heterocycles. The average molecular weight is 560 g/mol. The number of benzene rings is 4. The van der Waals surface area contributed by atoms with E-state index in [0.717, 1.165) is 34.0 Å². The van der Waals surface area contributed by atoms with Gasteiger partial charge in [0.25, 0.3) is 0 Å². The highest BCUT2D eigenvalue weighted by molar-refractivity contribution is 7.92. The topological polar surface area (TPSA) is 104 Å². The van der Waals surface area contributed by atoms with Gasteiger partial charge in [-0.15, -0.1) is 0 Å². The summed E-state index contributed by atoms with van der Waals surface area (Å²) in [5.74, 6) is 1.06. The molecule has 3 N–H and O–H groups in total. The molecule has 0 spiro atoms. The molecule has 0 aliphatic rings. The van der Waals surface area contributed by atoms with Crippen LogP contribution in [-0.2, 0) is 16.6 Å². The van der Waals surface area contributed by atoms with Crippen molar-refractivity contribution < 1.29 is 23.0 Å². The highest BCUT2D eigenvalue weighted by Gasteiger charge is 2.21. The Kier molecular flexibility index (Phi) is 8.25. The lowest BCUT2D eigenvalue weighted by molar-refractivity contribution is 0.0968. The molecule has 208 valence electrons. The van der Waals surface area contributed by atoms with Crippen molar-refractivity contribution in [3.8, 4) is 11.5 Å². The molecule has 1 heterocycles. The Hall–Kier alpha value is -4.05. The number of sulfonamides is 1. The van der Waals surface area contributed by atoms with Gasteiger partial charge in [-0.25, -0.2) is 8.42 Å². The van der Waals surface area contributed by atoms with Gasteiger partial charge in [-0.05, 0) is 29.8 Å². The number of hydrogen-bond acceptors (Lipinski definition) is 6. The molecule has 1 unspecified atom stereocenters. The van der Waals surface area contributed by atoms with Gasteiger partial charge in [0.15, 0.2) is 0 Å². The monoisotopic (exact) mass is 559 g/mol. The molecular formula is C31H33N3O5S. The molecule has 0 saturated carbocycles. The van der Waals surface area contributed by atoms with Crippen LogP contribution >= 0.6 is 0 Å². The summed E-state index contributed by atoms with van der Waals surface area (Å²) in [6, 6.07) is 29.3. The largest absolute Gasteiger partial charge is 0.494 e. The summed E-state index contributed by atoms with van der Waals surface area (Å²) in [6.45, 7) is 1.86. The molecule has 9 heteroatoms. The Bertz CT molecular complexity index is 1700. The van der Waals surface area contributed by atoms with E-state index in [2.05, 4.69) is 32.8 Å². The molecule has 4 aromatic carbocycles. The van der Waals surface area contributed by atoms with Gasteiger partial charge in [0.05, 0.1) is 30.7 Å². The number of H-pyrrole nitrogens is 1. The molecular weight excluding hydrogens is 526 g/mol. The van der Waals surface area contributed by atoms with Crippen molar-refractivity contribution in [1.29, 1.82) is 0 Å². The first-order valence-electron chi connectivity index (χ1n) is 13.0. The van der Waals surface area contributed by atoms with Crippen LogP contribution in [0.5, 0.6) is 11.5 Å². The van der Waals surface area contributed by atoms with E-state index in [0.29, 0.717) is 31.0 Å². The second kappa shape index (κ2) is 12.0. The number of fused-ring (bicyclic) bond motifs is 3. The fourth-order valence-corrected chi connectivity index (χ4v) is 5.52. The molecule has 1 aromatic heterocycles. The van der Waals surface area contributed by atoms with Crippen LogP contribution in [0.25, 0.3) is 21.8 Å². The Labute approximate surface area is 234 Å². The quantitative estimate of drug-likeness (QED) is 0.191. The normalized spacial score (nSPS) is 12.6. The van der Waals surface area contributed by atoms with Crippen LogP contribution < -0.4 is 14.2 Å². The van der Waals surface area contributed by atoms with Gasteiger partial charge in [-0.1, -0.05) is 60.7 Å². The van der Waals surface area contributed by atoms with E-state index in [1.165, 1.54) is 12.5 Å². The number of rotatable bonds is 12. The van der Waals surface area contributed by atoms with Crippen LogP contribution in [0.3, 0.4) is 0 Å². The Morgan fingerprint density at radius 1 is 0.925 bits per heavy atom. The molecule has 0 fully saturated rings. The van der Waals surface area contributed by atoms with Crippen molar-refractivity contribution in [1.82, 2.24) is 9.88 Å². The Balaban J connectivity index is 1.31. The standard InChI is InChI=1S/C31H33N3O5S/c1-38-31-26(12-8-14-28(31)33-40(2,36)37)30(35)21-34(20-22-9-4-3-5-10-22)17-18-39-23-15-16-25-24-11-6-7-13-27(24)32-29(25)19-23/h3-16,19,30,32-33,35H,17-18,20-21H2,1-2H3. The number of anilines is 1. The SMILES string of the molecule is COc1c(NS(C)(=O)=O)cccc1C(O)CN(CCOc1ccc2c(c1)[nH]c1ccccc12)Cc1ccccc1. The van der Waals surface area contributed by atoms with Crippen LogP contribution in [0.4, 0.5) is 5.69 Å². The molecule has 0 aliphatic heterocycles. The van der Waals surface area contributed by atoms with Crippen molar-refractivity contribution >= 4 is 37.5 Å². The maximum atomic E-state index is 11.8. The highest BCUT2D eigenvalue weighted by Crippen LogP contribution is 2.34. The first-order valence-corrected chi connectivity index (χ1v) is 14.9. The third-order valence-electron chi connectivity index (χ3n) is 6.74. The molecule has 40 heavy (non-hydrogen) atoms. The van der Waals surface area contributed by atoms with Gasteiger partial charge in [-0.2, -0.15) is 0 Å². The number of aromatic nitrogens is 1. The lowest BCUT2D eigenvalue weighted by Gasteiger charge is -2.26. The number of nitrogens with zero attached hydrogens (tertiary/aromatic N) is 1. The summed E-state index contributed by atoms with van der Waals surface area (Å²) in [5, 5.41) is 13.6. The minimum absolute atomic E-state index is 0.284. The lowest BCUT2D eigenvalue weighted by Crippen LogP contribution is -2.32. The molecule has 0 aliphatic carbocycles. The zero-order chi connectivity index (χ0) is 28.1. The van der Waals surface area contributed by atoms with Crippen molar-refractivity contribution in [3.63, 3.8) is 0 Å². The van der Waals surface area contributed by atoms with Gasteiger partial charge in [0, 0.05) is 47.6 Å². The maximum absolute atomic E-state index is 11.8. The van der Waals surface area contributed by atoms with E-state index in [4.69, 9.17) is 9.47 Å². The first kappa shape index (κ1) is 27.5. The van der Waals surface area contributed by atoms with E-state index < -0.39 is 16.1 Å². The fourth-order valence-electron chi connectivity index (χ4n) is 4.96. The van der Waals surface area contributed by atoms with Gasteiger partial charge in [0.2, 0.25) is 10.0 Å². The van der Waals surface area contributed by atoms with Crippen LogP contribution in [0.15, 0.2) is 91.0 Å². The zero-order valence-corrected chi connectivity index (χ0v) is 23.3.